The Balaban J connectivity index is 1.96. The van der Waals surface area contributed by atoms with Crippen LogP contribution in [0.3, 0.4) is 0 Å². The van der Waals surface area contributed by atoms with Gasteiger partial charge in [-0.25, -0.2) is 4.98 Å². The van der Waals surface area contributed by atoms with Gasteiger partial charge in [-0.15, -0.1) is 0 Å². The van der Waals surface area contributed by atoms with E-state index in [1.807, 2.05) is 0 Å². The molecule has 1 saturated carbocycles. The summed E-state index contributed by atoms with van der Waals surface area (Å²) in [6.45, 7) is 6.85. The highest BCUT2D eigenvalue weighted by Gasteiger charge is 2.22. The highest BCUT2D eigenvalue weighted by Crippen LogP contribution is 2.29. The maximum absolute atomic E-state index is 12.0. The van der Waals surface area contributed by atoms with Gasteiger partial charge in [-0.1, -0.05) is 32.1 Å². The number of thiazole rings is 1. The molecule has 19 heavy (non-hydrogen) atoms. The van der Waals surface area contributed by atoms with Gasteiger partial charge in [-0.3, -0.25) is 4.79 Å². The van der Waals surface area contributed by atoms with Crippen molar-refractivity contribution in [1.29, 1.82) is 0 Å². The fourth-order valence-electron chi connectivity index (χ4n) is 1.71. The van der Waals surface area contributed by atoms with Gasteiger partial charge in [-0.2, -0.15) is 0 Å². The second-order valence-electron chi connectivity index (χ2n) is 6.25. The number of anilines is 2. The topological polar surface area (TPSA) is 80.0 Å². The van der Waals surface area contributed by atoms with Crippen LogP contribution in [0.5, 0.6) is 0 Å². The van der Waals surface area contributed by atoms with Crippen LogP contribution in [-0.4, -0.2) is 23.5 Å². The Morgan fingerprint density at radius 2 is 2.16 bits per heavy atom. The molecule has 0 unspecified atom stereocenters. The second kappa shape index (κ2) is 5.36. The SMILES string of the molecule is CC(C)(C)CNC(=O)c1sc(NC2CCC2)nc1N. The van der Waals surface area contributed by atoms with Crippen LogP contribution in [0.2, 0.25) is 0 Å². The van der Waals surface area contributed by atoms with Gasteiger partial charge in [0.2, 0.25) is 0 Å². The summed E-state index contributed by atoms with van der Waals surface area (Å²) in [5.74, 6) is 0.185. The third kappa shape index (κ3) is 3.83. The molecule has 5 nitrogen and oxygen atoms in total. The van der Waals surface area contributed by atoms with Gasteiger partial charge in [-0.05, 0) is 24.7 Å². The Bertz CT molecular complexity index is 460. The number of nitrogens with zero attached hydrogens (tertiary/aromatic N) is 1. The zero-order chi connectivity index (χ0) is 14.0. The Labute approximate surface area is 118 Å². The number of nitrogens with one attached hydrogen (secondary N) is 2. The van der Waals surface area contributed by atoms with E-state index in [1.165, 1.54) is 30.6 Å². The van der Waals surface area contributed by atoms with E-state index < -0.39 is 0 Å². The Morgan fingerprint density at radius 1 is 1.47 bits per heavy atom. The molecular formula is C13H22N4OS. The van der Waals surface area contributed by atoms with E-state index in [9.17, 15) is 4.79 Å². The second-order valence-corrected chi connectivity index (χ2v) is 7.25. The fraction of sp³-hybridized carbons (Fsp3) is 0.692. The quantitative estimate of drug-likeness (QED) is 0.792. The van der Waals surface area contributed by atoms with Crippen molar-refractivity contribution in [2.45, 2.75) is 46.1 Å². The molecule has 106 valence electrons. The van der Waals surface area contributed by atoms with E-state index in [2.05, 4.69) is 36.4 Å². The third-order valence-electron chi connectivity index (χ3n) is 3.07. The normalized spacial score (nSPS) is 15.9. The smallest absolute Gasteiger partial charge is 0.265 e. The number of aromatic nitrogens is 1. The molecule has 0 bridgehead atoms. The Hall–Kier alpha value is -1.30. The fourth-order valence-corrected chi connectivity index (χ4v) is 2.59. The van der Waals surface area contributed by atoms with Gasteiger partial charge in [0, 0.05) is 12.6 Å². The standard InChI is InChI=1S/C13H22N4OS/c1-13(2,3)7-15-11(18)9-10(14)17-12(19-9)16-8-5-4-6-8/h8H,4-7,14H2,1-3H3,(H,15,18)(H,16,17). The van der Waals surface area contributed by atoms with E-state index in [4.69, 9.17) is 5.73 Å². The lowest BCUT2D eigenvalue weighted by atomic mass is 9.93. The van der Waals surface area contributed by atoms with Crippen LogP contribution in [0.4, 0.5) is 10.9 Å². The predicted octanol–water partition coefficient (Wildman–Crippen LogP) is 2.47. The molecular weight excluding hydrogens is 260 g/mol. The van der Waals surface area contributed by atoms with Crippen molar-refractivity contribution in [2.24, 2.45) is 5.41 Å². The Morgan fingerprint density at radius 3 is 2.68 bits per heavy atom. The first-order valence-corrected chi connectivity index (χ1v) is 7.48. The first-order chi connectivity index (χ1) is 8.85. The van der Waals surface area contributed by atoms with Crippen molar-refractivity contribution in [3.8, 4) is 0 Å². The molecule has 0 spiro atoms. The van der Waals surface area contributed by atoms with Crippen molar-refractivity contribution in [2.75, 3.05) is 17.6 Å². The molecule has 4 N–H and O–H groups in total. The molecule has 1 aliphatic carbocycles. The minimum atomic E-state index is -0.133. The summed E-state index contributed by atoms with van der Waals surface area (Å²) < 4.78 is 0. The Kier molecular flexibility index (Phi) is 3.99. The molecule has 1 aromatic heterocycles. The van der Waals surface area contributed by atoms with Crippen molar-refractivity contribution >= 4 is 28.2 Å². The molecule has 1 amide bonds. The number of hydrogen-bond acceptors (Lipinski definition) is 5. The van der Waals surface area contributed by atoms with Crippen LogP contribution in [0.1, 0.15) is 49.7 Å². The molecule has 6 heteroatoms. The number of rotatable bonds is 4. The van der Waals surface area contributed by atoms with Gasteiger partial charge in [0.05, 0.1) is 0 Å². The molecule has 0 atom stereocenters. The highest BCUT2D eigenvalue weighted by atomic mass is 32.1. The predicted molar refractivity (Wildman–Crippen MR) is 79.6 cm³/mol. The average Bonchev–Trinajstić information content (AvgIpc) is 2.61. The van der Waals surface area contributed by atoms with Crippen LogP contribution in [0.25, 0.3) is 0 Å². The summed E-state index contributed by atoms with van der Waals surface area (Å²) in [6, 6.07) is 0.496. The lowest BCUT2D eigenvalue weighted by Crippen LogP contribution is -2.32. The lowest BCUT2D eigenvalue weighted by Gasteiger charge is -2.25. The van der Waals surface area contributed by atoms with Crippen LogP contribution < -0.4 is 16.4 Å². The molecule has 2 rings (SSSR count). The molecule has 0 radical (unpaired) electrons. The van der Waals surface area contributed by atoms with Crippen molar-refractivity contribution in [1.82, 2.24) is 10.3 Å². The summed E-state index contributed by atoms with van der Waals surface area (Å²) in [5.41, 5.74) is 5.87. The maximum Gasteiger partial charge on any atom is 0.265 e. The number of hydrogen-bond donors (Lipinski definition) is 3. The largest absolute Gasteiger partial charge is 0.382 e. The minimum Gasteiger partial charge on any atom is -0.382 e. The first-order valence-electron chi connectivity index (χ1n) is 6.66. The summed E-state index contributed by atoms with van der Waals surface area (Å²) in [7, 11) is 0. The molecule has 1 fully saturated rings. The molecule has 1 heterocycles. The number of carbonyl (C=O) groups is 1. The van der Waals surface area contributed by atoms with Gasteiger partial charge < -0.3 is 16.4 Å². The molecule has 0 aliphatic heterocycles. The summed E-state index contributed by atoms with van der Waals surface area (Å²) >= 11 is 1.34. The van der Waals surface area contributed by atoms with Crippen LogP contribution in [0, 0.1) is 5.41 Å². The van der Waals surface area contributed by atoms with Crippen molar-refractivity contribution in [3.63, 3.8) is 0 Å². The number of nitrogens with two attached hydrogens (primary N) is 1. The molecule has 0 aromatic carbocycles. The number of carbonyl (C=O) groups excluding carboxylic acids is 1. The summed E-state index contributed by atoms with van der Waals surface area (Å²) in [6.07, 6.45) is 3.60. The van der Waals surface area contributed by atoms with E-state index in [0.717, 1.165) is 5.13 Å². The van der Waals surface area contributed by atoms with Gasteiger partial charge in [0.1, 0.15) is 10.7 Å². The monoisotopic (exact) mass is 282 g/mol. The summed E-state index contributed by atoms with van der Waals surface area (Å²) in [4.78, 5) is 16.8. The van der Waals surface area contributed by atoms with Crippen molar-refractivity contribution in [3.05, 3.63) is 4.88 Å². The van der Waals surface area contributed by atoms with Gasteiger partial charge >= 0.3 is 0 Å². The zero-order valence-electron chi connectivity index (χ0n) is 11.7. The third-order valence-corrected chi connectivity index (χ3v) is 4.07. The van der Waals surface area contributed by atoms with E-state index in [-0.39, 0.29) is 11.3 Å². The van der Waals surface area contributed by atoms with Gasteiger partial charge in [0.25, 0.3) is 5.91 Å². The number of amides is 1. The molecule has 1 aromatic rings. The highest BCUT2D eigenvalue weighted by molar-refractivity contribution is 7.18. The number of nitrogen functional groups attached to an aromatic ring is 1. The summed E-state index contributed by atoms with van der Waals surface area (Å²) in [5, 5.41) is 6.97. The molecule has 1 aliphatic rings. The van der Waals surface area contributed by atoms with Crippen LogP contribution in [-0.2, 0) is 0 Å². The average molecular weight is 282 g/mol. The minimum absolute atomic E-state index is 0.0577. The molecule has 0 saturated heterocycles. The van der Waals surface area contributed by atoms with Crippen LogP contribution >= 0.6 is 11.3 Å². The van der Waals surface area contributed by atoms with Crippen LogP contribution in [0.15, 0.2) is 0 Å². The van der Waals surface area contributed by atoms with E-state index in [0.29, 0.717) is 23.3 Å². The zero-order valence-corrected chi connectivity index (χ0v) is 12.6. The maximum atomic E-state index is 12.0. The van der Waals surface area contributed by atoms with E-state index >= 15 is 0 Å². The van der Waals surface area contributed by atoms with Gasteiger partial charge in [0.15, 0.2) is 5.13 Å². The van der Waals surface area contributed by atoms with Crippen molar-refractivity contribution < 1.29 is 4.79 Å². The van der Waals surface area contributed by atoms with E-state index in [1.54, 1.807) is 0 Å². The first kappa shape index (κ1) is 14.1. The lowest BCUT2D eigenvalue weighted by molar-refractivity contribution is 0.0944.